The van der Waals surface area contributed by atoms with Crippen molar-refractivity contribution in [3.63, 3.8) is 0 Å². The van der Waals surface area contributed by atoms with Crippen molar-refractivity contribution in [3.05, 3.63) is 95.6 Å². The van der Waals surface area contributed by atoms with Crippen LogP contribution in [0.25, 0.3) is 0 Å². The highest BCUT2D eigenvalue weighted by molar-refractivity contribution is 5.94. The standard InChI is InChI=1S/C33H41N3O3/c1-26(2)34-20-11-21-36(32(37)19-18-28-13-5-4-6-14-28)30-16-9-8-15-29(30)24-35(23-22-34)33(38)25-39-31-17-10-7-12-27(31)3/h4-10,12-17,26H,11,18-25H2,1-3H3. The summed E-state index contributed by atoms with van der Waals surface area (Å²) in [5.74, 6) is 0.781. The van der Waals surface area contributed by atoms with Crippen LogP contribution in [-0.2, 0) is 22.6 Å². The first-order valence-electron chi connectivity index (χ1n) is 14.0. The van der Waals surface area contributed by atoms with Crippen LogP contribution in [0, 0.1) is 6.92 Å². The first-order chi connectivity index (χ1) is 18.9. The van der Waals surface area contributed by atoms with E-state index in [9.17, 15) is 9.59 Å². The number of anilines is 1. The molecule has 3 aromatic carbocycles. The molecule has 4 rings (SSSR count). The zero-order valence-corrected chi connectivity index (χ0v) is 23.5. The summed E-state index contributed by atoms with van der Waals surface area (Å²) in [6.45, 7) is 9.65. The van der Waals surface area contributed by atoms with Gasteiger partial charge >= 0.3 is 0 Å². The third-order valence-corrected chi connectivity index (χ3v) is 7.43. The Hall–Kier alpha value is -3.64. The lowest BCUT2D eigenvalue weighted by Gasteiger charge is -2.30. The van der Waals surface area contributed by atoms with Crippen LogP contribution in [0.3, 0.4) is 0 Å². The van der Waals surface area contributed by atoms with Crippen molar-refractivity contribution in [1.29, 1.82) is 0 Å². The molecule has 0 bridgehead atoms. The highest BCUT2D eigenvalue weighted by Gasteiger charge is 2.24. The molecule has 0 aromatic heterocycles. The molecule has 0 spiro atoms. The van der Waals surface area contributed by atoms with E-state index in [-0.39, 0.29) is 18.4 Å². The van der Waals surface area contributed by atoms with E-state index in [0.29, 0.717) is 38.5 Å². The van der Waals surface area contributed by atoms with Gasteiger partial charge in [-0.2, -0.15) is 0 Å². The molecule has 3 aromatic rings. The molecule has 206 valence electrons. The molecule has 6 heteroatoms. The van der Waals surface area contributed by atoms with Gasteiger partial charge in [0.25, 0.3) is 5.91 Å². The minimum absolute atomic E-state index is 0.0194. The van der Waals surface area contributed by atoms with Crippen LogP contribution in [-0.4, -0.2) is 60.4 Å². The molecule has 0 aliphatic carbocycles. The number of hydrogen-bond donors (Lipinski definition) is 0. The van der Waals surface area contributed by atoms with Gasteiger partial charge in [0.1, 0.15) is 5.75 Å². The lowest BCUT2D eigenvalue weighted by molar-refractivity contribution is -0.134. The van der Waals surface area contributed by atoms with E-state index in [4.69, 9.17) is 4.74 Å². The summed E-state index contributed by atoms with van der Waals surface area (Å²) >= 11 is 0. The van der Waals surface area contributed by atoms with E-state index in [1.807, 2.05) is 83.5 Å². The molecule has 0 fully saturated rings. The topological polar surface area (TPSA) is 53.1 Å². The Morgan fingerprint density at radius 1 is 0.821 bits per heavy atom. The SMILES string of the molecule is Cc1ccccc1OCC(=O)N1CCN(C(C)C)CCCN(C(=O)CCc2ccccc2)c2ccccc2C1. The van der Waals surface area contributed by atoms with Crippen LogP contribution in [0.1, 0.15) is 43.4 Å². The molecule has 6 nitrogen and oxygen atoms in total. The lowest BCUT2D eigenvalue weighted by atomic mass is 10.1. The number of carbonyl (C=O) groups is 2. The van der Waals surface area contributed by atoms with E-state index >= 15 is 0 Å². The Morgan fingerprint density at radius 2 is 1.54 bits per heavy atom. The summed E-state index contributed by atoms with van der Waals surface area (Å²) in [7, 11) is 0. The van der Waals surface area contributed by atoms with Crippen LogP contribution in [0.15, 0.2) is 78.9 Å². The second kappa shape index (κ2) is 13.9. The minimum Gasteiger partial charge on any atom is -0.484 e. The predicted octanol–water partition coefficient (Wildman–Crippen LogP) is 5.48. The van der Waals surface area contributed by atoms with Gasteiger partial charge in [0.15, 0.2) is 6.61 Å². The molecular formula is C33H41N3O3. The number of rotatable bonds is 7. The molecule has 1 aliphatic rings. The Labute approximate surface area is 233 Å². The Bertz CT molecular complexity index is 1230. The number of para-hydroxylation sites is 2. The van der Waals surface area contributed by atoms with Gasteiger partial charge in [0.05, 0.1) is 0 Å². The average molecular weight is 528 g/mol. The lowest BCUT2D eigenvalue weighted by Crippen LogP contribution is -2.42. The number of amides is 2. The van der Waals surface area contributed by atoms with Crippen molar-refractivity contribution >= 4 is 17.5 Å². The smallest absolute Gasteiger partial charge is 0.260 e. The summed E-state index contributed by atoms with van der Waals surface area (Å²) in [5, 5.41) is 0. The maximum atomic E-state index is 13.6. The highest BCUT2D eigenvalue weighted by Crippen LogP contribution is 2.25. The van der Waals surface area contributed by atoms with Gasteiger partial charge in [-0.15, -0.1) is 0 Å². The van der Waals surface area contributed by atoms with Crippen molar-refractivity contribution in [3.8, 4) is 5.75 Å². The number of hydrogen-bond acceptors (Lipinski definition) is 4. The molecule has 0 N–H and O–H groups in total. The number of nitrogens with zero attached hydrogens (tertiary/aromatic N) is 3. The molecule has 1 aliphatic heterocycles. The number of aryl methyl sites for hydroxylation is 2. The van der Waals surface area contributed by atoms with Crippen molar-refractivity contribution in [1.82, 2.24) is 9.80 Å². The fourth-order valence-electron chi connectivity index (χ4n) is 5.07. The van der Waals surface area contributed by atoms with E-state index in [1.54, 1.807) is 0 Å². The molecule has 39 heavy (non-hydrogen) atoms. The zero-order valence-electron chi connectivity index (χ0n) is 23.5. The Balaban J connectivity index is 1.56. The Kier molecular flexibility index (Phi) is 10.1. The van der Waals surface area contributed by atoms with Gasteiger partial charge in [-0.05, 0) is 62.4 Å². The van der Waals surface area contributed by atoms with E-state index < -0.39 is 0 Å². The average Bonchev–Trinajstić information content (AvgIpc) is 2.98. The van der Waals surface area contributed by atoms with Gasteiger partial charge in [0.2, 0.25) is 5.91 Å². The van der Waals surface area contributed by atoms with Crippen molar-refractivity contribution in [2.24, 2.45) is 0 Å². The maximum absolute atomic E-state index is 13.6. The van der Waals surface area contributed by atoms with Crippen LogP contribution >= 0.6 is 0 Å². The second-order valence-corrected chi connectivity index (χ2v) is 10.5. The van der Waals surface area contributed by atoms with Crippen molar-refractivity contribution in [2.75, 3.05) is 37.7 Å². The molecule has 2 amide bonds. The number of benzene rings is 3. The third kappa shape index (κ3) is 7.93. The van der Waals surface area contributed by atoms with Crippen LogP contribution < -0.4 is 9.64 Å². The van der Waals surface area contributed by atoms with Gasteiger partial charge < -0.3 is 14.5 Å². The van der Waals surface area contributed by atoms with Crippen LogP contribution in [0.5, 0.6) is 5.75 Å². The molecule has 0 radical (unpaired) electrons. The van der Waals surface area contributed by atoms with Crippen molar-refractivity contribution < 1.29 is 14.3 Å². The molecule has 1 heterocycles. The quantitative estimate of drug-likeness (QED) is 0.408. The summed E-state index contributed by atoms with van der Waals surface area (Å²) < 4.78 is 5.93. The molecule has 0 atom stereocenters. The van der Waals surface area contributed by atoms with Crippen LogP contribution in [0.4, 0.5) is 5.69 Å². The van der Waals surface area contributed by atoms with E-state index in [2.05, 4.69) is 30.9 Å². The molecule has 0 saturated carbocycles. The highest BCUT2D eigenvalue weighted by atomic mass is 16.5. The molecule has 0 saturated heterocycles. The van der Waals surface area contributed by atoms with Gasteiger partial charge in [-0.1, -0.05) is 66.7 Å². The third-order valence-electron chi connectivity index (χ3n) is 7.43. The predicted molar refractivity (Wildman–Crippen MR) is 157 cm³/mol. The second-order valence-electron chi connectivity index (χ2n) is 10.5. The molecular weight excluding hydrogens is 486 g/mol. The van der Waals surface area contributed by atoms with E-state index in [1.165, 1.54) is 0 Å². The Morgan fingerprint density at radius 3 is 2.31 bits per heavy atom. The number of ether oxygens (including phenoxy) is 1. The summed E-state index contributed by atoms with van der Waals surface area (Å²) in [5.41, 5.74) is 4.04. The largest absolute Gasteiger partial charge is 0.484 e. The normalized spacial score (nSPS) is 15.0. The monoisotopic (exact) mass is 527 g/mol. The van der Waals surface area contributed by atoms with E-state index in [0.717, 1.165) is 47.6 Å². The fraction of sp³-hybridized carbons (Fsp3) is 0.394. The summed E-state index contributed by atoms with van der Waals surface area (Å²) in [6.07, 6.45) is 2.02. The number of carbonyl (C=O) groups excluding carboxylic acids is 2. The van der Waals surface area contributed by atoms with Gasteiger partial charge in [-0.3, -0.25) is 14.5 Å². The zero-order chi connectivity index (χ0) is 27.6. The summed E-state index contributed by atoms with van der Waals surface area (Å²) in [6, 6.07) is 26.3. The first kappa shape index (κ1) is 28.4. The fourth-order valence-corrected chi connectivity index (χ4v) is 5.07. The van der Waals surface area contributed by atoms with Gasteiger partial charge in [-0.25, -0.2) is 0 Å². The maximum Gasteiger partial charge on any atom is 0.260 e. The van der Waals surface area contributed by atoms with Gasteiger partial charge in [0, 0.05) is 50.9 Å². The van der Waals surface area contributed by atoms with Crippen molar-refractivity contribution in [2.45, 2.75) is 52.6 Å². The molecule has 0 unspecified atom stereocenters. The first-order valence-corrected chi connectivity index (χ1v) is 14.0. The summed E-state index contributed by atoms with van der Waals surface area (Å²) in [4.78, 5) is 33.3. The number of fused-ring (bicyclic) bond motifs is 1. The minimum atomic E-state index is -0.0574. The van der Waals surface area contributed by atoms with Crippen LogP contribution in [0.2, 0.25) is 0 Å².